The van der Waals surface area contributed by atoms with Crippen molar-refractivity contribution >= 4 is 44.7 Å². The number of aromatic nitrogens is 1. The summed E-state index contributed by atoms with van der Waals surface area (Å²) in [6.07, 6.45) is 6.13. The summed E-state index contributed by atoms with van der Waals surface area (Å²) < 4.78 is 15.1. The summed E-state index contributed by atoms with van der Waals surface area (Å²) in [7, 11) is 0. The van der Waals surface area contributed by atoms with Crippen LogP contribution < -0.4 is 0 Å². The van der Waals surface area contributed by atoms with Crippen molar-refractivity contribution in [1.29, 1.82) is 0 Å². The van der Waals surface area contributed by atoms with Crippen LogP contribution in [0.25, 0.3) is 27.4 Å². The highest BCUT2D eigenvalue weighted by molar-refractivity contribution is 7.16. The molecule has 1 saturated carbocycles. The van der Waals surface area contributed by atoms with Crippen molar-refractivity contribution in [1.82, 2.24) is 4.98 Å². The standard InChI is InChI=1S/C29H24FNO2S/c1-18-15-23(30)11-12-24(18)29(20-3-2-4-20)28(22-10-13-26-25(16-22)31-17-34-26)21-8-5-19(6-9-21)7-14-27(32)33/h5-17,20H,2-4H2,1H3,(H,32,33). The van der Waals surface area contributed by atoms with Crippen LogP contribution in [-0.2, 0) is 4.79 Å². The molecule has 0 radical (unpaired) electrons. The van der Waals surface area contributed by atoms with Crippen molar-refractivity contribution in [2.75, 3.05) is 0 Å². The largest absolute Gasteiger partial charge is 0.478 e. The number of aliphatic carboxylic acids is 1. The molecule has 1 aromatic heterocycles. The molecule has 1 N–H and O–H groups in total. The van der Waals surface area contributed by atoms with E-state index in [2.05, 4.69) is 23.2 Å². The highest BCUT2D eigenvalue weighted by Gasteiger charge is 2.28. The molecular weight excluding hydrogens is 445 g/mol. The molecule has 1 heterocycles. The maximum Gasteiger partial charge on any atom is 0.328 e. The molecular formula is C29H24FNO2S. The fourth-order valence-electron chi connectivity index (χ4n) is 4.60. The van der Waals surface area contributed by atoms with Crippen LogP contribution in [0.1, 0.15) is 47.1 Å². The van der Waals surface area contributed by atoms with Gasteiger partial charge in [-0.25, -0.2) is 14.2 Å². The van der Waals surface area contributed by atoms with Gasteiger partial charge in [0.25, 0.3) is 0 Å². The smallest absolute Gasteiger partial charge is 0.328 e. The van der Waals surface area contributed by atoms with Crippen LogP contribution >= 0.6 is 11.3 Å². The molecule has 0 unspecified atom stereocenters. The number of hydrogen-bond acceptors (Lipinski definition) is 3. The SMILES string of the molecule is Cc1cc(F)ccc1C(=C(c1ccc(C=CC(=O)O)cc1)c1ccc2scnc2c1)C1CCC1. The van der Waals surface area contributed by atoms with Gasteiger partial charge in [0, 0.05) is 6.08 Å². The molecule has 3 aromatic carbocycles. The average molecular weight is 470 g/mol. The molecule has 1 fully saturated rings. The quantitative estimate of drug-likeness (QED) is 0.234. The van der Waals surface area contributed by atoms with Gasteiger partial charge >= 0.3 is 5.97 Å². The van der Waals surface area contributed by atoms with Crippen LogP contribution in [0.2, 0.25) is 0 Å². The van der Waals surface area contributed by atoms with Crippen molar-refractivity contribution < 1.29 is 14.3 Å². The maximum absolute atomic E-state index is 14.0. The number of allylic oxidation sites excluding steroid dienone is 1. The number of carboxylic acids is 1. The first-order valence-electron chi connectivity index (χ1n) is 11.4. The lowest BCUT2D eigenvalue weighted by molar-refractivity contribution is -0.131. The Balaban J connectivity index is 1.75. The number of fused-ring (bicyclic) bond motifs is 1. The predicted molar refractivity (Wildman–Crippen MR) is 137 cm³/mol. The lowest BCUT2D eigenvalue weighted by Gasteiger charge is -2.32. The zero-order valence-electron chi connectivity index (χ0n) is 18.8. The zero-order valence-corrected chi connectivity index (χ0v) is 19.6. The molecule has 3 nitrogen and oxygen atoms in total. The van der Waals surface area contributed by atoms with Crippen LogP contribution in [0, 0.1) is 18.7 Å². The average Bonchev–Trinajstić information content (AvgIpc) is 3.25. The number of nitrogens with zero attached hydrogens (tertiary/aromatic N) is 1. The molecule has 0 bridgehead atoms. The normalized spacial score (nSPS) is 14.9. The molecule has 34 heavy (non-hydrogen) atoms. The molecule has 4 aromatic rings. The number of halogens is 1. The van der Waals surface area contributed by atoms with Gasteiger partial charge in [0.2, 0.25) is 0 Å². The number of carboxylic acid groups (broad SMARTS) is 1. The summed E-state index contributed by atoms with van der Waals surface area (Å²) in [5.74, 6) is -0.800. The summed E-state index contributed by atoms with van der Waals surface area (Å²) in [6, 6.07) is 19.4. The van der Waals surface area contributed by atoms with E-state index in [1.165, 1.54) is 12.0 Å². The van der Waals surface area contributed by atoms with E-state index in [0.29, 0.717) is 5.92 Å². The van der Waals surface area contributed by atoms with Crippen LogP contribution in [0.15, 0.2) is 72.3 Å². The van der Waals surface area contributed by atoms with Gasteiger partial charge in [-0.1, -0.05) is 42.8 Å². The number of thiazole rings is 1. The first kappa shape index (κ1) is 22.2. The fraction of sp³-hybridized carbons (Fsp3) is 0.172. The van der Waals surface area contributed by atoms with Gasteiger partial charge in [-0.15, -0.1) is 11.3 Å². The van der Waals surface area contributed by atoms with Gasteiger partial charge in [0.15, 0.2) is 0 Å². The Bertz CT molecular complexity index is 1430. The third kappa shape index (κ3) is 4.44. The summed E-state index contributed by atoms with van der Waals surface area (Å²) in [4.78, 5) is 15.4. The van der Waals surface area contributed by atoms with E-state index in [0.717, 1.165) is 62.5 Å². The van der Waals surface area contributed by atoms with E-state index >= 15 is 0 Å². The third-order valence-corrected chi connectivity index (χ3v) is 7.31. The second-order valence-electron chi connectivity index (χ2n) is 8.70. The van der Waals surface area contributed by atoms with E-state index in [1.807, 2.05) is 42.8 Å². The second-order valence-corrected chi connectivity index (χ2v) is 9.59. The van der Waals surface area contributed by atoms with Crippen LogP contribution in [-0.4, -0.2) is 16.1 Å². The van der Waals surface area contributed by atoms with Gasteiger partial charge in [0.05, 0.1) is 15.7 Å². The second kappa shape index (κ2) is 9.35. The summed E-state index contributed by atoms with van der Waals surface area (Å²) >= 11 is 1.62. The van der Waals surface area contributed by atoms with E-state index in [-0.39, 0.29) is 5.82 Å². The van der Waals surface area contributed by atoms with E-state index in [1.54, 1.807) is 29.5 Å². The molecule has 5 rings (SSSR count). The van der Waals surface area contributed by atoms with Crippen molar-refractivity contribution in [2.24, 2.45) is 5.92 Å². The Morgan fingerprint density at radius 2 is 1.82 bits per heavy atom. The summed E-state index contributed by atoms with van der Waals surface area (Å²) in [6.45, 7) is 1.97. The minimum absolute atomic E-state index is 0.228. The van der Waals surface area contributed by atoms with Crippen molar-refractivity contribution in [3.8, 4) is 0 Å². The van der Waals surface area contributed by atoms with Crippen LogP contribution in [0.5, 0.6) is 0 Å². The predicted octanol–water partition coefficient (Wildman–Crippen LogP) is 7.60. The van der Waals surface area contributed by atoms with Crippen LogP contribution in [0.4, 0.5) is 4.39 Å². The first-order valence-corrected chi connectivity index (χ1v) is 12.2. The first-order chi connectivity index (χ1) is 16.5. The van der Waals surface area contributed by atoms with Gasteiger partial charge in [-0.3, -0.25) is 0 Å². The molecule has 0 amide bonds. The number of aryl methyl sites for hydroxylation is 1. The Hall–Kier alpha value is -3.57. The summed E-state index contributed by atoms with van der Waals surface area (Å²) in [5.41, 5.74) is 10.1. The molecule has 1 aliphatic carbocycles. The van der Waals surface area contributed by atoms with Crippen molar-refractivity contribution in [3.05, 3.63) is 106 Å². The van der Waals surface area contributed by atoms with E-state index < -0.39 is 5.97 Å². The molecule has 0 aliphatic heterocycles. The fourth-order valence-corrected chi connectivity index (χ4v) is 5.26. The number of carbonyl (C=O) groups is 1. The summed E-state index contributed by atoms with van der Waals surface area (Å²) in [5, 5.41) is 8.95. The van der Waals surface area contributed by atoms with Gasteiger partial charge < -0.3 is 5.11 Å². The highest BCUT2D eigenvalue weighted by Crippen LogP contribution is 2.46. The molecule has 0 saturated heterocycles. The maximum atomic E-state index is 14.0. The Morgan fingerprint density at radius 1 is 1.06 bits per heavy atom. The third-order valence-electron chi connectivity index (χ3n) is 6.50. The van der Waals surface area contributed by atoms with Gasteiger partial charge in [-0.2, -0.15) is 0 Å². The molecule has 0 spiro atoms. The Labute approximate surface area is 201 Å². The Morgan fingerprint density at radius 3 is 2.50 bits per heavy atom. The van der Waals surface area contributed by atoms with Gasteiger partial charge in [0.1, 0.15) is 5.82 Å². The van der Waals surface area contributed by atoms with Crippen molar-refractivity contribution in [3.63, 3.8) is 0 Å². The van der Waals surface area contributed by atoms with Crippen LogP contribution in [0.3, 0.4) is 0 Å². The van der Waals surface area contributed by atoms with E-state index in [4.69, 9.17) is 5.11 Å². The van der Waals surface area contributed by atoms with Gasteiger partial charge in [-0.05, 0) is 95.0 Å². The van der Waals surface area contributed by atoms with E-state index in [9.17, 15) is 9.18 Å². The Kier molecular flexibility index (Phi) is 6.12. The lowest BCUT2D eigenvalue weighted by atomic mass is 9.72. The van der Waals surface area contributed by atoms with Crippen molar-refractivity contribution in [2.45, 2.75) is 26.2 Å². The molecule has 170 valence electrons. The zero-order chi connectivity index (χ0) is 23.7. The minimum Gasteiger partial charge on any atom is -0.478 e. The minimum atomic E-state index is -0.972. The topological polar surface area (TPSA) is 50.2 Å². The molecule has 1 aliphatic rings. The number of benzene rings is 3. The lowest BCUT2D eigenvalue weighted by Crippen LogP contribution is -2.16. The number of rotatable bonds is 6. The monoisotopic (exact) mass is 469 g/mol. The highest BCUT2D eigenvalue weighted by atomic mass is 32.1. The molecule has 5 heteroatoms. The number of hydrogen-bond donors (Lipinski definition) is 1. The molecule has 0 atom stereocenters.